The molecule has 1 saturated heterocycles. The summed E-state index contributed by atoms with van der Waals surface area (Å²) < 4.78 is 1.79. The molecule has 126 valence electrons. The van der Waals surface area contributed by atoms with Crippen LogP contribution >= 0.6 is 0 Å². The van der Waals surface area contributed by atoms with Gasteiger partial charge in [-0.1, -0.05) is 12.8 Å². The number of aryl methyl sites for hydroxylation is 2. The molecule has 7 heteroatoms. The first-order valence-corrected chi connectivity index (χ1v) is 8.50. The van der Waals surface area contributed by atoms with Crippen molar-refractivity contribution >= 4 is 11.8 Å². The highest BCUT2D eigenvalue weighted by atomic mass is 16.2. The topological polar surface area (TPSA) is 80.1 Å². The van der Waals surface area contributed by atoms with Gasteiger partial charge < -0.3 is 10.2 Å². The van der Waals surface area contributed by atoms with Crippen molar-refractivity contribution in [1.82, 2.24) is 25.0 Å². The molecule has 2 fully saturated rings. The van der Waals surface area contributed by atoms with E-state index in [0.29, 0.717) is 32.1 Å². The lowest BCUT2D eigenvalue weighted by atomic mass is 10.1. The van der Waals surface area contributed by atoms with Crippen LogP contribution < -0.4 is 5.32 Å². The number of hydrogen-bond acceptors (Lipinski definition) is 4. The van der Waals surface area contributed by atoms with Gasteiger partial charge in [0.1, 0.15) is 11.6 Å². The highest BCUT2D eigenvalue weighted by Crippen LogP contribution is 2.29. The number of carbonyl (C=O) groups is 2. The molecule has 7 nitrogen and oxygen atoms in total. The predicted octanol–water partition coefficient (Wildman–Crippen LogP) is 0.802. The van der Waals surface area contributed by atoms with Crippen molar-refractivity contribution in [2.75, 3.05) is 13.1 Å². The first-order chi connectivity index (χ1) is 11.0. The summed E-state index contributed by atoms with van der Waals surface area (Å²) in [4.78, 5) is 30.6. The molecule has 2 aliphatic rings. The van der Waals surface area contributed by atoms with E-state index in [0.717, 1.165) is 24.5 Å². The normalized spacial score (nSPS) is 22.1. The van der Waals surface area contributed by atoms with Crippen LogP contribution in [0.15, 0.2) is 0 Å². The number of nitrogens with one attached hydrogen (secondary N) is 1. The highest BCUT2D eigenvalue weighted by Gasteiger charge is 2.38. The van der Waals surface area contributed by atoms with Gasteiger partial charge in [-0.25, -0.2) is 9.67 Å². The van der Waals surface area contributed by atoms with E-state index in [-0.39, 0.29) is 17.7 Å². The van der Waals surface area contributed by atoms with Crippen LogP contribution in [0.25, 0.3) is 0 Å². The second-order valence-corrected chi connectivity index (χ2v) is 6.61. The van der Waals surface area contributed by atoms with Gasteiger partial charge in [0.15, 0.2) is 0 Å². The highest BCUT2D eigenvalue weighted by molar-refractivity contribution is 5.89. The Labute approximate surface area is 136 Å². The van der Waals surface area contributed by atoms with Crippen LogP contribution in [0.2, 0.25) is 0 Å². The minimum atomic E-state index is -0.207. The predicted molar refractivity (Wildman–Crippen MR) is 84.6 cm³/mol. The molecule has 0 bridgehead atoms. The molecule has 2 amide bonds. The van der Waals surface area contributed by atoms with E-state index in [1.807, 2.05) is 18.7 Å². The Morgan fingerprint density at radius 3 is 2.70 bits per heavy atom. The maximum Gasteiger partial charge on any atom is 0.225 e. The van der Waals surface area contributed by atoms with Crippen molar-refractivity contribution in [2.24, 2.45) is 5.92 Å². The van der Waals surface area contributed by atoms with Gasteiger partial charge in [0.25, 0.3) is 0 Å². The standard InChI is InChI=1S/C16H25N5O2/c1-11-18-12(2)21(19-11)8-7-17-16(23)13-9-15(22)20(10-13)14-5-3-4-6-14/h13-14H,3-10H2,1-2H3,(H,17,23)/t13-/m1/s1. The van der Waals surface area contributed by atoms with Gasteiger partial charge in [0, 0.05) is 25.6 Å². The number of likely N-dealkylation sites (tertiary alicyclic amines) is 1. The quantitative estimate of drug-likeness (QED) is 0.870. The molecule has 0 radical (unpaired) electrons. The molecule has 1 aromatic heterocycles. The van der Waals surface area contributed by atoms with Gasteiger partial charge in [0.05, 0.1) is 12.5 Å². The van der Waals surface area contributed by atoms with Gasteiger partial charge in [-0.05, 0) is 26.7 Å². The number of amides is 2. The van der Waals surface area contributed by atoms with Crippen molar-refractivity contribution in [1.29, 1.82) is 0 Å². The van der Waals surface area contributed by atoms with Gasteiger partial charge in [0.2, 0.25) is 11.8 Å². The van der Waals surface area contributed by atoms with Crippen molar-refractivity contribution in [3.8, 4) is 0 Å². The Balaban J connectivity index is 1.47. The molecule has 23 heavy (non-hydrogen) atoms. The fourth-order valence-corrected chi connectivity index (χ4v) is 3.68. The molecule has 0 aromatic carbocycles. The van der Waals surface area contributed by atoms with E-state index >= 15 is 0 Å². The SMILES string of the molecule is Cc1nc(C)n(CCNC(=O)[C@@H]2CC(=O)N(C3CCCC3)C2)n1. The minimum Gasteiger partial charge on any atom is -0.354 e. The van der Waals surface area contributed by atoms with Crippen LogP contribution in [0.3, 0.4) is 0 Å². The molecule has 3 rings (SSSR count). The van der Waals surface area contributed by atoms with E-state index in [2.05, 4.69) is 15.4 Å². The molecule has 2 heterocycles. The van der Waals surface area contributed by atoms with Gasteiger partial charge in [-0.15, -0.1) is 0 Å². The van der Waals surface area contributed by atoms with Crippen LogP contribution in [0.5, 0.6) is 0 Å². The first kappa shape index (κ1) is 16.0. The monoisotopic (exact) mass is 319 g/mol. The van der Waals surface area contributed by atoms with Crippen LogP contribution in [0.1, 0.15) is 43.8 Å². The Morgan fingerprint density at radius 2 is 2.04 bits per heavy atom. The summed E-state index contributed by atoms with van der Waals surface area (Å²) in [6, 6.07) is 0.362. The van der Waals surface area contributed by atoms with Crippen LogP contribution in [0.4, 0.5) is 0 Å². The lowest BCUT2D eigenvalue weighted by Crippen LogP contribution is -2.37. The lowest BCUT2D eigenvalue weighted by Gasteiger charge is -2.23. The molecule has 0 unspecified atom stereocenters. The largest absolute Gasteiger partial charge is 0.354 e. The van der Waals surface area contributed by atoms with Crippen molar-refractivity contribution in [3.05, 3.63) is 11.6 Å². The Hall–Kier alpha value is -1.92. The Kier molecular flexibility index (Phi) is 4.63. The first-order valence-electron chi connectivity index (χ1n) is 8.50. The Bertz CT molecular complexity index is 591. The maximum absolute atomic E-state index is 12.3. The minimum absolute atomic E-state index is 0.0201. The maximum atomic E-state index is 12.3. The zero-order valence-electron chi connectivity index (χ0n) is 13.9. The van der Waals surface area contributed by atoms with E-state index < -0.39 is 0 Å². The summed E-state index contributed by atoms with van der Waals surface area (Å²) in [7, 11) is 0. The van der Waals surface area contributed by atoms with E-state index in [1.165, 1.54) is 12.8 Å². The fraction of sp³-hybridized carbons (Fsp3) is 0.750. The molecule has 0 spiro atoms. The third-order valence-corrected chi connectivity index (χ3v) is 4.88. The second-order valence-electron chi connectivity index (χ2n) is 6.61. The molecular weight excluding hydrogens is 294 g/mol. The number of rotatable bonds is 5. The summed E-state index contributed by atoms with van der Waals surface area (Å²) in [6.07, 6.45) is 4.92. The van der Waals surface area contributed by atoms with Crippen molar-refractivity contribution in [2.45, 2.75) is 58.5 Å². The average Bonchev–Trinajstić information content (AvgIpc) is 3.20. The van der Waals surface area contributed by atoms with E-state index in [9.17, 15) is 9.59 Å². The molecular formula is C16H25N5O2. The molecule has 1 aromatic rings. The summed E-state index contributed by atoms with van der Waals surface area (Å²) in [5, 5.41) is 7.21. The van der Waals surface area contributed by atoms with Crippen LogP contribution in [-0.2, 0) is 16.1 Å². The van der Waals surface area contributed by atoms with Gasteiger partial charge in [-0.3, -0.25) is 9.59 Å². The number of nitrogens with zero attached hydrogens (tertiary/aromatic N) is 4. The van der Waals surface area contributed by atoms with Gasteiger partial charge in [-0.2, -0.15) is 5.10 Å². The van der Waals surface area contributed by atoms with Crippen molar-refractivity contribution in [3.63, 3.8) is 0 Å². The van der Waals surface area contributed by atoms with E-state index in [1.54, 1.807) is 4.68 Å². The number of hydrogen-bond donors (Lipinski definition) is 1. The molecule has 1 aliphatic heterocycles. The fourth-order valence-electron chi connectivity index (χ4n) is 3.68. The zero-order chi connectivity index (χ0) is 16.4. The Morgan fingerprint density at radius 1 is 1.30 bits per heavy atom. The van der Waals surface area contributed by atoms with Crippen LogP contribution in [-0.4, -0.2) is 50.6 Å². The summed E-state index contributed by atoms with van der Waals surface area (Å²) in [6.45, 7) is 5.44. The third kappa shape index (κ3) is 3.54. The number of aromatic nitrogens is 3. The van der Waals surface area contributed by atoms with Crippen LogP contribution in [0, 0.1) is 19.8 Å². The smallest absolute Gasteiger partial charge is 0.225 e. The van der Waals surface area contributed by atoms with Gasteiger partial charge >= 0.3 is 0 Å². The summed E-state index contributed by atoms with van der Waals surface area (Å²) >= 11 is 0. The summed E-state index contributed by atoms with van der Waals surface area (Å²) in [5.41, 5.74) is 0. The molecule has 1 atom stereocenters. The number of carbonyl (C=O) groups excluding carboxylic acids is 2. The third-order valence-electron chi connectivity index (χ3n) is 4.88. The van der Waals surface area contributed by atoms with E-state index in [4.69, 9.17) is 0 Å². The molecule has 1 aliphatic carbocycles. The van der Waals surface area contributed by atoms with Crippen molar-refractivity contribution < 1.29 is 9.59 Å². The summed E-state index contributed by atoms with van der Waals surface area (Å²) in [5.74, 6) is 1.50. The average molecular weight is 319 g/mol. The zero-order valence-corrected chi connectivity index (χ0v) is 13.9. The molecule has 1 N–H and O–H groups in total. The molecule has 1 saturated carbocycles. The lowest BCUT2D eigenvalue weighted by molar-refractivity contribution is -0.130. The second kappa shape index (κ2) is 6.68.